The van der Waals surface area contributed by atoms with Crippen molar-refractivity contribution in [2.45, 2.75) is 58.4 Å². The van der Waals surface area contributed by atoms with Crippen LogP contribution < -0.4 is 10.0 Å². The second-order valence-corrected chi connectivity index (χ2v) is 10.2. The molecule has 0 aromatic heterocycles. The molecule has 6 nitrogen and oxygen atoms in total. The van der Waals surface area contributed by atoms with Crippen LogP contribution in [0.15, 0.2) is 35.2 Å². The molecule has 7 heteroatoms. The van der Waals surface area contributed by atoms with E-state index in [4.69, 9.17) is 0 Å². The number of rotatable bonds is 6. The molecule has 0 spiro atoms. The lowest BCUT2D eigenvalue weighted by molar-refractivity contribution is -0.117. The van der Waals surface area contributed by atoms with Crippen molar-refractivity contribution in [2.75, 3.05) is 25.0 Å². The number of carbonyl (C=O) groups is 1. The Bertz CT molecular complexity index is 1030. The van der Waals surface area contributed by atoms with Crippen LogP contribution in [-0.2, 0) is 14.8 Å². The van der Waals surface area contributed by atoms with E-state index >= 15 is 0 Å². The molecule has 0 aliphatic carbocycles. The third-order valence-corrected chi connectivity index (χ3v) is 8.33. The lowest BCUT2D eigenvalue weighted by Gasteiger charge is -2.32. The highest BCUT2D eigenvalue weighted by molar-refractivity contribution is 7.89. The summed E-state index contributed by atoms with van der Waals surface area (Å²) in [5.74, 6) is -0.0536. The minimum Gasteiger partial charge on any atom is -0.325 e. The van der Waals surface area contributed by atoms with E-state index in [2.05, 4.69) is 14.9 Å². The number of hydrogen-bond donors (Lipinski definition) is 2. The standard InChI is InChI=1S/C24H33N3O3S/c1-16-17(2)19(4)24(20(5)18(16)3)31(29,30)26-22-11-13-27(14-12-22)15-23(28)25-21-9-7-6-8-10-21/h6-10,22,26H,11-15H2,1-5H3,(H,25,28). The molecular formula is C24H33N3O3S. The third-order valence-electron chi connectivity index (χ3n) is 6.53. The van der Waals surface area contributed by atoms with Crippen LogP contribution in [-0.4, -0.2) is 44.9 Å². The monoisotopic (exact) mass is 443 g/mol. The first-order chi connectivity index (χ1) is 14.6. The number of amides is 1. The molecule has 1 heterocycles. The van der Waals surface area contributed by atoms with Crippen LogP contribution in [0.2, 0.25) is 0 Å². The summed E-state index contributed by atoms with van der Waals surface area (Å²) in [5.41, 5.74) is 5.64. The summed E-state index contributed by atoms with van der Waals surface area (Å²) in [6.07, 6.45) is 1.36. The summed E-state index contributed by atoms with van der Waals surface area (Å²) in [4.78, 5) is 14.8. The Morgan fingerprint density at radius 3 is 1.97 bits per heavy atom. The fraction of sp³-hybridized carbons (Fsp3) is 0.458. The van der Waals surface area contributed by atoms with Crippen molar-refractivity contribution >= 4 is 21.6 Å². The highest BCUT2D eigenvalue weighted by atomic mass is 32.2. The van der Waals surface area contributed by atoms with Gasteiger partial charge in [-0.2, -0.15) is 0 Å². The first-order valence-corrected chi connectivity index (χ1v) is 12.2. The van der Waals surface area contributed by atoms with E-state index in [0.717, 1.165) is 33.5 Å². The van der Waals surface area contributed by atoms with E-state index in [-0.39, 0.29) is 11.9 Å². The molecule has 3 rings (SSSR count). The molecule has 1 fully saturated rings. The zero-order chi connectivity index (χ0) is 22.8. The lowest BCUT2D eigenvalue weighted by atomic mass is 9.95. The largest absolute Gasteiger partial charge is 0.325 e. The van der Waals surface area contributed by atoms with Gasteiger partial charge in [0.25, 0.3) is 0 Å². The van der Waals surface area contributed by atoms with Crippen molar-refractivity contribution in [1.29, 1.82) is 0 Å². The summed E-state index contributed by atoms with van der Waals surface area (Å²) >= 11 is 0. The van der Waals surface area contributed by atoms with Gasteiger partial charge in [-0.05, 0) is 87.4 Å². The zero-order valence-electron chi connectivity index (χ0n) is 19.1. The molecule has 1 aliphatic rings. The Kier molecular flexibility index (Phi) is 7.19. The van der Waals surface area contributed by atoms with E-state index in [1.54, 1.807) is 0 Å². The minimum absolute atomic E-state index is 0.0536. The Labute approximate surface area is 186 Å². The summed E-state index contributed by atoms with van der Waals surface area (Å²) in [6.45, 7) is 11.4. The molecule has 0 atom stereocenters. The maximum atomic E-state index is 13.2. The normalized spacial score (nSPS) is 15.8. The van der Waals surface area contributed by atoms with Crippen LogP contribution in [0.3, 0.4) is 0 Å². The van der Waals surface area contributed by atoms with Gasteiger partial charge < -0.3 is 5.32 Å². The van der Waals surface area contributed by atoms with Crippen LogP contribution in [0.5, 0.6) is 0 Å². The average molecular weight is 444 g/mol. The summed E-state index contributed by atoms with van der Waals surface area (Å²) in [7, 11) is -3.61. The quantitative estimate of drug-likeness (QED) is 0.715. The second kappa shape index (κ2) is 9.51. The molecule has 2 aromatic rings. The summed E-state index contributed by atoms with van der Waals surface area (Å²) < 4.78 is 29.4. The van der Waals surface area contributed by atoms with Gasteiger partial charge >= 0.3 is 0 Å². The van der Waals surface area contributed by atoms with Gasteiger partial charge in [0.2, 0.25) is 15.9 Å². The number of nitrogens with zero attached hydrogens (tertiary/aromatic N) is 1. The van der Waals surface area contributed by atoms with E-state index in [9.17, 15) is 13.2 Å². The molecule has 2 aromatic carbocycles. The van der Waals surface area contributed by atoms with Crippen molar-refractivity contribution in [3.05, 3.63) is 58.1 Å². The maximum Gasteiger partial charge on any atom is 0.241 e. The summed E-state index contributed by atoms with van der Waals surface area (Å²) in [5, 5.41) is 2.90. The lowest BCUT2D eigenvalue weighted by Crippen LogP contribution is -2.46. The molecule has 0 bridgehead atoms. The number of likely N-dealkylation sites (tertiary alicyclic amines) is 1. The molecule has 168 valence electrons. The second-order valence-electron chi connectivity index (χ2n) is 8.54. The topological polar surface area (TPSA) is 78.5 Å². The zero-order valence-corrected chi connectivity index (χ0v) is 19.9. The fourth-order valence-corrected chi connectivity index (χ4v) is 6.19. The highest BCUT2D eigenvalue weighted by Gasteiger charge is 2.29. The van der Waals surface area contributed by atoms with E-state index in [0.29, 0.717) is 37.4 Å². The molecule has 31 heavy (non-hydrogen) atoms. The van der Waals surface area contributed by atoms with Gasteiger partial charge in [0, 0.05) is 24.8 Å². The van der Waals surface area contributed by atoms with E-state index < -0.39 is 10.0 Å². The van der Waals surface area contributed by atoms with E-state index in [1.807, 2.05) is 65.0 Å². The van der Waals surface area contributed by atoms with E-state index in [1.165, 1.54) is 0 Å². The van der Waals surface area contributed by atoms with Crippen molar-refractivity contribution in [1.82, 2.24) is 9.62 Å². The minimum atomic E-state index is -3.61. The Balaban J connectivity index is 1.60. The van der Waals surface area contributed by atoms with Crippen molar-refractivity contribution in [3.8, 4) is 0 Å². The number of piperidine rings is 1. The van der Waals surface area contributed by atoms with Gasteiger partial charge in [-0.25, -0.2) is 13.1 Å². The van der Waals surface area contributed by atoms with Crippen molar-refractivity contribution < 1.29 is 13.2 Å². The first-order valence-electron chi connectivity index (χ1n) is 10.8. The van der Waals surface area contributed by atoms with Crippen LogP contribution in [0, 0.1) is 34.6 Å². The molecule has 1 amide bonds. The Morgan fingerprint density at radius 2 is 1.42 bits per heavy atom. The molecule has 0 radical (unpaired) electrons. The van der Waals surface area contributed by atoms with Gasteiger partial charge in [-0.1, -0.05) is 18.2 Å². The predicted octanol–water partition coefficient (Wildman–Crippen LogP) is 3.61. The van der Waals surface area contributed by atoms with Gasteiger partial charge in [0.05, 0.1) is 11.4 Å². The first kappa shape index (κ1) is 23.4. The number of hydrogen-bond acceptors (Lipinski definition) is 4. The predicted molar refractivity (Wildman–Crippen MR) is 125 cm³/mol. The Morgan fingerprint density at radius 1 is 0.903 bits per heavy atom. The summed E-state index contributed by atoms with van der Waals surface area (Å²) in [6, 6.07) is 9.26. The number of para-hydroxylation sites is 1. The molecular weight excluding hydrogens is 410 g/mol. The number of anilines is 1. The average Bonchev–Trinajstić information content (AvgIpc) is 2.72. The molecule has 1 aliphatic heterocycles. The number of sulfonamides is 1. The molecule has 2 N–H and O–H groups in total. The third kappa shape index (κ3) is 5.34. The smallest absolute Gasteiger partial charge is 0.241 e. The molecule has 1 saturated heterocycles. The number of nitrogens with one attached hydrogen (secondary N) is 2. The van der Waals surface area contributed by atoms with Crippen molar-refractivity contribution in [3.63, 3.8) is 0 Å². The van der Waals surface area contributed by atoms with Crippen LogP contribution in [0.25, 0.3) is 0 Å². The number of carbonyl (C=O) groups excluding carboxylic acids is 1. The van der Waals surface area contributed by atoms with Gasteiger partial charge in [-0.3, -0.25) is 9.69 Å². The Hall–Kier alpha value is -2.22. The fourth-order valence-electron chi connectivity index (χ4n) is 4.28. The maximum absolute atomic E-state index is 13.2. The number of benzene rings is 2. The molecule has 0 unspecified atom stereocenters. The van der Waals surface area contributed by atoms with Crippen LogP contribution in [0.4, 0.5) is 5.69 Å². The van der Waals surface area contributed by atoms with Crippen molar-refractivity contribution in [2.24, 2.45) is 0 Å². The van der Waals surface area contributed by atoms with Crippen LogP contribution >= 0.6 is 0 Å². The SMILES string of the molecule is Cc1c(C)c(C)c(S(=O)(=O)NC2CCN(CC(=O)Nc3ccccc3)CC2)c(C)c1C. The highest BCUT2D eigenvalue weighted by Crippen LogP contribution is 2.30. The van der Waals surface area contributed by atoms with Crippen LogP contribution in [0.1, 0.15) is 40.7 Å². The van der Waals surface area contributed by atoms with Gasteiger partial charge in [-0.15, -0.1) is 0 Å². The molecule has 0 saturated carbocycles. The van der Waals surface area contributed by atoms with Gasteiger partial charge in [0.1, 0.15) is 0 Å². The van der Waals surface area contributed by atoms with Gasteiger partial charge in [0.15, 0.2) is 0 Å².